The second-order valence-electron chi connectivity index (χ2n) is 10.5. The predicted octanol–water partition coefficient (Wildman–Crippen LogP) is 5.95. The first kappa shape index (κ1) is 32.6. The minimum atomic E-state index is -1.05. The molecule has 2 N–H and O–H groups in total. The Balaban J connectivity index is 1.30. The van der Waals surface area contributed by atoms with Crippen LogP contribution in [0.5, 0.6) is 5.75 Å². The summed E-state index contributed by atoms with van der Waals surface area (Å²) in [7, 11) is 0. The molecule has 0 spiro atoms. The van der Waals surface area contributed by atoms with E-state index < -0.39 is 5.97 Å². The Morgan fingerprint density at radius 1 is 1.07 bits per heavy atom. The van der Waals surface area contributed by atoms with Crippen LogP contribution in [0.4, 0.5) is 5.69 Å². The lowest BCUT2D eigenvalue weighted by atomic mass is 10.0. The molecular formula is C33H32ClN3O6S2. The molecule has 0 atom stereocenters. The molecule has 0 unspecified atom stereocenters. The lowest BCUT2D eigenvalue weighted by Gasteiger charge is -2.26. The van der Waals surface area contributed by atoms with Crippen molar-refractivity contribution >= 4 is 69.4 Å². The molecule has 0 aliphatic carbocycles. The Hall–Kier alpha value is -3.74. The van der Waals surface area contributed by atoms with Crippen LogP contribution in [0.2, 0.25) is 5.02 Å². The molecule has 2 aliphatic rings. The maximum absolute atomic E-state index is 13.4. The topological polar surface area (TPSA) is 108 Å². The normalized spacial score (nSPS) is 16.3. The molecule has 3 aromatic rings. The molecule has 0 saturated carbocycles. The number of carboxylic acid groups (broad SMARTS) is 1. The lowest BCUT2D eigenvalue weighted by Crippen LogP contribution is -2.38. The van der Waals surface area contributed by atoms with Gasteiger partial charge in [-0.3, -0.25) is 19.4 Å². The summed E-state index contributed by atoms with van der Waals surface area (Å²) < 4.78 is 12.0. The summed E-state index contributed by atoms with van der Waals surface area (Å²) in [5.41, 5.74) is 4.16. The Morgan fingerprint density at radius 2 is 1.78 bits per heavy atom. The highest BCUT2D eigenvalue weighted by atomic mass is 35.5. The molecule has 0 bridgehead atoms. The van der Waals surface area contributed by atoms with Gasteiger partial charge in [0.15, 0.2) is 0 Å². The van der Waals surface area contributed by atoms with Crippen LogP contribution in [0, 0.1) is 6.92 Å². The second-order valence-corrected chi connectivity index (χ2v) is 12.6. The number of nitrogens with one attached hydrogen (secondary N) is 1. The second kappa shape index (κ2) is 15.0. The fraction of sp³-hybridized carbons (Fsp3) is 0.273. The fourth-order valence-electron chi connectivity index (χ4n) is 4.82. The van der Waals surface area contributed by atoms with Crippen LogP contribution in [0.25, 0.3) is 17.2 Å². The summed E-state index contributed by atoms with van der Waals surface area (Å²) in [4.78, 5) is 41.2. The van der Waals surface area contributed by atoms with Gasteiger partial charge in [0, 0.05) is 48.9 Å². The third kappa shape index (κ3) is 8.50. The van der Waals surface area contributed by atoms with Crippen LogP contribution in [-0.2, 0) is 14.3 Å². The van der Waals surface area contributed by atoms with Crippen LogP contribution in [0.3, 0.4) is 0 Å². The summed E-state index contributed by atoms with van der Waals surface area (Å²) in [6.45, 7) is 6.43. The SMILES string of the molecule is Cc1ccc(-c2ccc(OCCN3CCOCC3)c(/C=C3\SC(=S)N(CCC(=O)Nc4ccc(C(=O)O)cc4)C3=O)c2)cc1Cl. The summed E-state index contributed by atoms with van der Waals surface area (Å²) in [6.07, 6.45) is 1.80. The van der Waals surface area contributed by atoms with Crippen molar-refractivity contribution in [3.05, 3.63) is 87.3 Å². The van der Waals surface area contributed by atoms with E-state index in [2.05, 4.69) is 10.2 Å². The fourth-order valence-corrected chi connectivity index (χ4v) is 6.30. The van der Waals surface area contributed by atoms with Crippen molar-refractivity contribution < 1.29 is 29.0 Å². The highest BCUT2D eigenvalue weighted by Crippen LogP contribution is 2.36. The quantitative estimate of drug-likeness (QED) is 0.190. The first-order chi connectivity index (χ1) is 21.7. The zero-order valence-corrected chi connectivity index (χ0v) is 27.0. The van der Waals surface area contributed by atoms with Crippen molar-refractivity contribution in [2.75, 3.05) is 51.3 Å². The largest absolute Gasteiger partial charge is 0.492 e. The molecule has 9 nitrogen and oxygen atoms in total. The maximum Gasteiger partial charge on any atom is 0.335 e. The van der Waals surface area contributed by atoms with Gasteiger partial charge in [0.05, 0.1) is 23.7 Å². The average molecular weight is 666 g/mol. The number of carbonyl (C=O) groups excluding carboxylic acids is 2. The number of benzene rings is 3. The van der Waals surface area contributed by atoms with E-state index in [1.807, 2.05) is 43.3 Å². The molecule has 2 aliphatic heterocycles. The Morgan fingerprint density at radius 3 is 2.49 bits per heavy atom. The number of nitrogens with zero attached hydrogens (tertiary/aromatic N) is 2. The number of ether oxygens (including phenoxy) is 2. The number of amides is 2. The Labute approximate surface area is 276 Å². The summed E-state index contributed by atoms with van der Waals surface area (Å²) in [5.74, 6) is -1.01. The highest BCUT2D eigenvalue weighted by Gasteiger charge is 2.32. The molecule has 0 aromatic heterocycles. The number of rotatable bonds is 11. The number of anilines is 1. The third-order valence-electron chi connectivity index (χ3n) is 7.42. The predicted molar refractivity (Wildman–Crippen MR) is 181 cm³/mol. The third-order valence-corrected chi connectivity index (χ3v) is 9.21. The van der Waals surface area contributed by atoms with Gasteiger partial charge in [0.1, 0.15) is 16.7 Å². The van der Waals surface area contributed by atoms with Crippen LogP contribution >= 0.6 is 35.6 Å². The van der Waals surface area contributed by atoms with Gasteiger partial charge in [0.25, 0.3) is 5.91 Å². The lowest BCUT2D eigenvalue weighted by molar-refractivity contribution is -0.122. The first-order valence-electron chi connectivity index (χ1n) is 14.4. The molecule has 12 heteroatoms. The highest BCUT2D eigenvalue weighted by molar-refractivity contribution is 8.26. The summed E-state index contributed by atoms with van der Waals surface area (Å²) in [6, 6.07) is 17.6. The average Bonchev–Trinajstić information content (AvgIpc) is 3.30. The molecule has 2 amide bonds. The van der Waals surface area contributed by atoms with Crippen molar-refractivity contribution in [1.82, 2.24) is 9.80 Å². The number of hydrogen-bond donors (Lipinski definition) is 2. The van der Waals surface area contributed by atoms with Gasteiger partial charge in [-0.05, 0) is 72.2 Å². The van der Waals surface area contributed by atoms with Crippen molar-refractivity contribution in [1.29, 1.82) is 0 Å². The zero-order valence-electron chi connectivity index (χ0n) is 24.6. The summed E-state index contributed by atoms with van der Waals surface area (Å²) >= 11 is 13.1. The zero-order chi connectivity index (χ0) is 31.9. The van der Waals surface area contributed by atoms with Crippen LogP contribution in [-0.4, -0.2) is 83.0 Å². The Kier molecular flexibility index (Phi) is 10.9. The molecule has 234 valence electrons. The van der Waals surface area contributed by atoms with E-state index in [9.17, 15) is 14.4 Å². The number of hydrogen-bond acceptors (Lipinski definition) is 8. The molecular weight excluding hydrogens is 634 g/mol. The van der Waals surface area contributed by atoms with E-state index in [1.165, 1.54) is 40.9 Å². The van der Waals surface area contributed by atoms with Crippen molar-refractivity contribution in [3.63, 3.8) is 0 Å². The minimum Gasteiger partial charge on any atom is -0.492 e. The van der Waals surface area contributed by atoms with E-state index in [0.29, 0.717) is 45.5 Å². The summed E-state index contributed by atoms with van der Waals surface area (Å²) in [5, 5.41) is 12.4. The van der Waals surface area contributed by atoms with Crippen LogP contribution in [0.1, 0.15) is 27.9 Å². The number of thioether (sulfide) groups is 1. The van der Waals surface area contributed by atoms with Gasteiger partial charge >= 0.3 is 5.97 Å². The van der Waals surface area contributed by atoms with E-state index >= 15 is 0 Å². The minimum absolute atomic E-state index is 0.0139. The van der Waals surface area contributed by atoms with Gasteiger partial charge in [-0.1, -0.05) is 53.8 Å². The van der Waals surface area contributed by atoms with E-state index in [0.717, 1.165) is 41.9 Å². The van der Waals surface area contributed by atoms with E-state index in [4.69, 9.17) is 38.4 Å². The van der Waals surface area contributed by atoms with Gasteiger partial charge in [-0.25, -0.2) is 4.79 Å². The maximum atomic E-state index is 13.4. The molecule has 2 saturated heterocycles. The van der Waals surface area contributed by atoms with E-state index in [1.54, 1.807) is 6.08 Å². The molecule has 45 heavy (non-hydrogen) atoms. The Bertz CT molecular complexity index is 1640. The monoisotopic (exact) mass is 665 g/mol. The van der Waals surface area contributed by atoms with Crippen LogP contribution in [0.15, 0.2) is 65.6 Å². The number of carbonyl (C=O) groups is 3. The number of morpholine rings is 1. The number of carboxylic acids is 1. The van der Waals surface area contributed by atoms with Crippen molar-refractivity contribution in [2.24, 2.45) is 0 Å². The van der Waals surface area contributed by atoms with Crippen molar-refractivity contribution in [2.45, 2.75) is 13.3 Å². The van der Waals surface area contributed by atoms with Gasteiger partial charge in [-0.2, -0.15) is 0 Å². The first-order valence-corrected chi connectivity index (χ1v) is 16.0. The number of aromatic carboxylic acids is 1. The smallest absolute Gasteiger partial charge is 0.335 e. The van der Waals surface area contributed by atoms with Gasteiger partial charge < -0.3 is 19.9 Å². The van der Waals surface area contributed by atoms with Gasteiger partial charge in [-0.15, -0.1) is 0 Å². The van der Waals surface area contributed by atoms with E-state index in [-0.39, 0.29) is 30.3 Å². The standard InChI is InChI=1S/C33H32ClN3O6S2/c1-21-2-3-24(19-27(21)34)23-6-9-28(43-17-14-36-12-15-42-16-13-36)25(18-23)20-29-31(39)37(33(44)45-29)11-10-30(38)35-26-7-4-22(5-8-26)32(40)41/h2-9,18-20H,10-17H2,1H3,(H,35,38)(H,40,41)/b29-20-. The van der Waals surface area contributed by atoms with Crippen molar-refractivity contribution in [3.8, 4) is 16.9 Å². The van der Waals surface area contributed by atoms with Gasteiger partial charge in [0.2, 0.25) is 5.91 Å². The molecule has 3 aromatic carbocycles. The molecule has 5 rings (SSSR count). The molecule has 0 radical (unpaired) electrons. The number of aryl methyl sites for hydroxylation is 1. The van der Waals surface area contributed by atoms with Crippen LogP contribution < -0.4 is 10.1 Å². The number of halogens is 1. The molecule has 2 fully saturated rings. The number of thiocarbonyl (C=S) groups is 1. The molecule has 2 heterocycles.